The van der Waals surface area contributed by atoms with Crippen molar-refractivity contribution in [2.24, 2.45) is 5.73 Å². The Morgan fingerprint density at radius 2 is 2.00 bits per heavy atom. The standard InChI is InChI=1S/C14H17ClN4O3/c1-9-7-19(11-4-2-10(15)3-5-11)13(21)8-18(9)12(20)6-17-14(16)22/h2-5,9H,6-8H2,1H3,(H3,16,17,22)/t9-/m0/s1. The van der Waals surface area contributed by atoms with Gasteiger partial charge in [-0.1, -0.05) is 11.6 Å². The maximum atomic E-state index is 12.3. The first-order chi connectivity index (χ1) is 10.4. The minimum atomic E-state index is -0.771. The number of anilines is 1. The molecule has 4 amide bonds. The van der Waals surface area contributed by atoms with Crippen molar-refractivity contribution in [1.82, 2.24) is 10.2 Å². The third kappa shape index (κ3) is 3.67. The van der Waals surface area contributed by atoms with Gasteiger partial charge in [-0.05, 0) is 31.2 Å². The molecule has 0 radical (unpaired) electrons. The monoisotopic (exact) mass is 324 g/mol. The van der Waals surface area contributed by atoms with E-state index in [1.54, 1.807) is 29.2 Å². The van der Waals surface area contributed by atoms with Gasteiger partial charge in [0.05, 0.1) is 6.54 Å². The van der Waals surface area contributed by atoms with Crippen LogP contribution in [0.5, 0.6) is 0 Å². The summed E-state index contributed by atoms with van der Waals surface area (Å²) in [6.07, 6.45) is 0. The molecular formula is C14H17ClN4O3. The molecule has 1 aromatic rings. The van der Waals surface area contributed by atoms with Gasteiger partial charge in [0.25, 0.3) is 0 Å². The van der Waals surface area contributed by atoms with Gasteiger partial charge in [0, 0.05) is 23.3 Å². The molecule has 0 aliphatic carbocycles. The van der Waals surface area contributed by atoms with Crippen LogP contribution in [0, 0.1) is 0 Å². The second-order valence-electron chi connectivity index (χ2n) is 5.07. The van der Waals surface area contributed by atoms with Gasteiger partial charge in [-0.2, -0.15) is 0 Å². The number of benzene rings is 1. The number of nitrogens with two attached hydrogens (primary N) is 1. The Hall–Kier alpha value is -2.28. The summed E-state index contributed by atoms with van der Waals surface area (Å²) in [6, 6.07) is 6.01. The van der Waals surface area contributed by atoms with Crippen molar-refractivity contribution in [1.29, 1.82) is 0 Å². The first kappa shape index (κ1) is 16.1. The number of halogens is 1. The Bertz CT molecular complexity index is 590. The minimum absolute atomic E-state index is 0.0386. The lowest BCUT2D eigenvalue weighted by Gasteiger charge is -2.39. The summed E-state index contributed by atoms with van der Waals surface area (Å²) in [4.78, 5) is 38.0. The van der Waals surface area contributed by atoms with Gasteiger partial charge in [0.1, 0.15) is 6.54 Å². The lowest BCUT2D eigenvalue weighted by molar-refractivity contribution is -0.138. The van der Waals surface area contributed by atoms with E-state index >= 15 is 0 Å². The Morgan fingerprint density at radius 3 is 2.59 bits per heavy atom. The van der Waals surface area contributed by atoms with Gasteiger partial charge in [0.15, 0.2) is 0 Å². The molecule has 7 nitrogen and oxygen atoms in total. The van der Waals surface area contributed by atoms with Crippen LogP contribution < -0.4 is 16.0 Å². The maximum Gasteiger partial charge on any atom is 0.312 e. The molecule has 3 N–H and O–H groups in total. The zero-order valence-corrected chi connectivity index (χ0v) is 12.8. The fraction of sp³-hybridized carbons (Fsp3) is 0.357. The van der Waals surface area contributed by atoms with Crippen molar-refractivity contribution < 1.29 is 14.4 Å². The molecule has 118 valence electrons. The molecule has 2 rings (SSSR count). The normalized spacial score (nSPS) is 18.3. The smallest absolute Gasteiger partial charge is 0.312 e. The molecule has 0 bridgehead atoms. The molecule has 8 heteroatoms. The quantitative estimate of drug-likeness (QED) is 0.851. The first-order valence-electron chi connectivity index (χ1n) is 6.77. The maximum absolute atomic E-state index is 12.3. The van der Waals surface area contributed by atoms with E-state index in [9.17, 15) is 14.4 Å². The van der Waals surface area contributed by atoms with Crippen molar-refractivity contribution in [3.8, 4) is 0 Å². The minimum Gasteiger partial charge on any atom is -0.352 e. The van der Waals surface area contributed by atoms with Crippen LogP contribution in [-0.2, 0) is 9.59 Å². The number of carbonyl (C=O) groups excluding carboxylic acids is 3. The molecule has 0 aromatic heterocycles. The molecule has 1 fully saturated rings. The molecule has 1 aliphatic heterocycles. The molecule has 22 heavy (non-hydrogen) atoms. The van der Waals surface area contributed by atoms with Gasteiger partial charge in [0.2, 0.25) is 11.8 Å². The van der Waals surface area contributed by atoms with Crippen LogP contribution in [-0.4, -0.2) is 48.4 Å². The summed E-state index contributed by atoms with van der Waals surface area (Å²) in [5.74, 6) is -0.525. The van der Waals surface area contributed by atoms with Gasteiger partial charge >= 0.3 is 6.03 Å². The second-order valence-corrected chi connectivity index (χ2v) is 5.51. The van der Waals surface area contributed by atoms with Crippen molar-refractivity contribution in [2.75, 3.05) is 24.5 Å². The summed E-state index contributed by atoms with van der Waals surface area (Å²) in [7, 11) is 0. The molecule has 0 spiro atoms. The first-order valence-corrected chi connectivity index (χ1v) is 7.15. The lowest BCUT2D eigenvalue weighted by Crippen LogP contribution is -2.58. The van der Waals surface area contributed by atoms with E-state index in [1.165, 1.54) is 4.90 Å². The molecule has 1 heterocycles. The van der Waals surface area contributed by atoms with E-state index in [-0.39, 0.29) is 30.9 Å². The van der Waals surface area contributed by atoms with Gasteiger partial charge in [-0.3, -0.25) is 9.59 Å². The van der Waals surface area contributed by atoms with E-state index in [0.717, 1.165) is 5.69 Å². The number of hydrogen-bond donors (Lipinski definition) is 2. The average Bonchev–Trinajstić information content (AvgIpc) is 2.47. The van der Waals surface area contributed by atoms with E-state index in [0.29, 0.717) is 11.6 Å². The highest BCUT2D eigenvalue weighted by Crippen LogP contribution is 2.22. The van der Waals surface area contributed by atoms with Gasteiger partial charge in [-0.15, -0.1) is 0 Å². The Labute approximate surface area is 133 Å². The average molecular weight is 325 g/mol. The highest BCUT2D eigenvalue weighted by molar-refractivity contribution is 6.30. The molecule has 0 unspecified atom stereocenters. The van der Waals surface area contributed by atoms with Crippen molar-refractivity contribution in [3.05, 3.63) is 29.3 Å². The largest absolute Gasteiger partial charge is 0.352 e. The summed E-state index contributed by atoms with van der Waals surface area (Å²) in [5, 5.41) is 2.83. The van der Waals surface area contributed by atoms with Crippen LogP contribution in [0.4, 0.5) is 10.5 Å². The SMILES string of the molecule is C[C@H]1CN(c2ccc(Cl)cc2)C(=O)CN1C(=O)CNC(N)=O. The molecule has 1 aromatic carbocycles. The number of carbonyl (C=O) groups is 3. The van der Waals surface area contributed by atoms with E-state index in [1.807, 2.05) is 6.92 Å². The van der Waals surface area contributed by atoms with Gasteiger partial charge < -0.3 is 20.9 Å². The number of piperazine rings is 1. The summed E-state index contributed by atoms with van der Waals surface area (Å²) >= 11 is 5.84. The summed E-state index contributed by atoms with van der Waals surface area (Å²) in [5.41, 5.74) is 5.68. The number of amides is 4. The van der Waals surface area contributed by atoms with Crippen molar-refractivity contribution >= 4 is 35.1 Å². The number of urea groups is 1. The molecule has 1 aliphatic rings. The number of rotatable bonds is 3. The number of hydrogen-bond acceptors (Lipinski definition) is 3. The molecule has 1 saturated heterocycles. The topological polar surface area (TPSA) is 95.7 Å². The van der Waals surface area contributed by atoms with Crippen LogP contribution in [0.2, 0.25) is 5.02 Å². The Morgan fingerprint density at radius 1 is 1.36 bits per heavy atom. The molecule has 0 saturated carbocycles. The predicted octanol–water partition coefficient (Wildman–Crippen LogP) is 0.572. The van der Waals surface area contributed by atoms with Crippen LogP contribution >= 0.6 is 11.6 Å². The predicted molar refractivity (Wildman–Crippen MR) is 82.6 cm³/mol. The number of nitrogens with one attached hydrogen (secondary N) is 1. The van der Waals surface area contributed by atoms with Crippen LogP contribution in [0.25, 0.3) is 0 Å². The van der Waals surface area contributed by atoms with Crippen molar-refractivity contribution in [3.63, 3.8) is 0 Å². The third-order valence-corrected chi connectivity index (χ3v) is 3.71. The van der Waals surface area contributed by atoms with E-state index < -0.39 is 6.03 Å². The van der Waals surface area contributed by atoms with E-state index in [4.69, 9.17) is 17.3 Å². The van der Waals surface area contributed by atoms with Crippen molar-refractivity contribution in [2.45, 2.75) is 13.0 Å². The summed E-state index contributed by atoms with van der Waals surface area (Å²) < 4.78 is 0. The highest BCUT2D eigenvalue weighted by Gasteiger charge is 2.33. The molecule has 1 atom stereocenters. The molecular weight excluding hydrogens is 308 g/mol. The van der Waals surface area contributed by atoms with E-state index in [2.05, 4.69) is 5.32 Å². The fourth-order valence-corrected chi connectivity index (χ4v) is 2.45. The second kappa shape index (κ2) is 6.65. The number of primary amides is 1. The van der Waals surface area contributed by atoms with Gasteiger partial charge in [-0.25, -0.2) is 4.79 Å². The zero-order valence-electron chi connectivity index (χ0n) is 12.1. The summed E-state index contributed by atoms with van der Waals surface area (Å²) in [6.45, 7) is 1.97. The Kier molecular flexibility index (Phi) is 4.87. The third-order valence-electron chi connectivity index (χ3n) is 3.46. The highest BCUT2D eigenvalue weighted by atomic mass is 35.5. The lowest BCUT2D eigenvalue weighted by atomic mass is 10.1. The number of nitrogens with zero attached hydrogens (tertiary/aromatic N) is 2. The van der Waals surface area contributed by atoms with Crippen LogP contribution in [0.3, 0.4) is 0 Å². The zero-order chi connectivity index (χ0) is 16.3. The Balaban J connectivity index is 2.05. The van der Waals surface area contributed by atoms with Crippen LogP contribution in [0.15, 0.2) is 24.3 Å². The van der Waals surface area contributed by atoms with Crippen LogP contribution in [0.1, 0.15) is 6.92 Å². The fourth-order valence-electron chi connectivity index (χ4n) is 2.32.